The Morgan fingerprint density at radius 3 is 2.71 bits per heavy atom. The van der Waals surface area contributed by atoms with E-state index in [4.69, 9.17) is 5.73 Å². The highest BCUT2D eigenvalue weighted by Crippen LogP contribution is 2.17. The molecule has 2 rings (SSSR count). The second kappa shape index (κ2) is 3.41. The molecule has 4 nitrogen and oxygen atoms in total. The largest absolute Gasteiger partial charge is 0.384 e. The highest BCUT2D eigenvalue weighted by Gasteiger charge is 2.00. The second-order valence-corrected chi connectivity index (χ2v) is 3.01. The van der Waals surface area contributed by atoms with Crippen molar-refractivity contribution >= 4 is 5.82 Å². The average Bonchev–Trinajstić information content (AvgIpc) is 2.18. The molecule has 2 aromatic rings. The van der Waals surface area contributed by atoms with E-state index in [0.29, 0.717) is 5.82 Å². The zero-order chi connectivity index (χ0) is 9.97. The van der Waals surface area contributed by atoms with Gasteiger partial charge in [-0.3, -0.25) is 4.98 Å². The topological polar surface area (TPSA) is 64.7 Å². The number of aromatic nitrogens is 3. The summed E-state index contributed by atoms with van der Waals surface area (Å²) in [6, 6.07) is 5.60. The number of rotatable bonds is 1. The lowest BCUT2D eigenvalue weighted by Gasteiger charge is -2.01. The first-order chi connectivity index (χ1) is 6.75. The van der Waals surface area contributed by atoms with Crippen LogP contribution in [0, 0.1) is 6.92 Å². The van der Waals surface area contributed by atoms with Gasteiger partial charge in [-0.2, -0.15) is 0 Å². The van der Waals surface area contributed by atoms with Crippen LogP contribution in [0.25, 0.3) is 11.3 Å². The molecule has 0 fully saturated rings. The molecule has 0 aromatic carbocycles. The number of pyridine rings is 1. The van der Waals surface area contributed by atoms with Gasteiger partial charge >= 0.3 is 0 Å². The first kappa shape index (κ1) is 8.62. The summed E-state index contributed by atoms with van der Waals surface area (Å²) >= 11 is 0. The monoisotopic (exact) mass is 186 g/mol. The number of hydrogen-bond donors (Lipinski definition) is 1. The maximum absolute atomic E-state index is 5.57. The molecule has 0 saturated carbocycles. The van der Waals surface area contributed by atoms with Crippen LogP contribution in [-0.4, -0.2) is 15.0 Å². The molecule has 2 N–H and O–H groups in total. The van der Waals surface area contributed by atoms with Crippen molar-refractivity contribution in [3.63, 3.8) is 0 Å². The average molecular weight is 186 g/mol. The quantitative estimate of drug-likeness (QED) is 0.731. The molecular formula is C10H10N4. The molecule has 0 unspecified atom stereocenters. The highest BCUT2D eigenvalue weighted by molar-refractivity contribution is 5.61. The van der Waals surface area contributed by atoms with E-state index >= 15 is 0 Å². The normalized spacial score (nSPS) is 10.1. The van der Waals surface area contributed by atoms with E-state index in [2.05, 4.69) is 15.0 Å². The lowest BCUT2D eigenvalue weighted by molar-refractivity contribution is 1.16. The van der Waals surface area contributed by atoms with E-state index in [0.717, 1.165) is 17.0 Å². The second-order valence-electron chi connectivity index (χ2n) is 3.01. The number of nitrogens with zero attached hydrogens (tertiary/aromatic N) is 3. The van der Waals surface area contributed by atoms with Gasteiger partial charge in [-0.05, 0) is 19.1 Å². The molecule has 0 amide bonds. The summed E-state index contributed by atoms with van der Waals surface area (Å²) in [4.78, 5) is 12.1. The first-order valence-electron chi connectivity index (χ1n) is 4.26. The first-order valence-corrected chi connectivity index (χ1v) is 4.26. The molecule has 4 heteroatoms. The van der Waals surface area contributed by atoms with Crippen molar-refractivity contribution in [1.82, 2.24) is 15.0 Å². The van der Waals surface area contributed by atoms with Crippen LogP contribution in [0.15, 0.2) is 30.7 Å². The third kappa shape index (κ3) is 1.69. The van der Waals surface area contributed by atoms with E-state index in [1.54, 1.807) is 12.3 Å². The molecule has 70 valence electrons. The van der Waals surface area contributed by atoms with Crippen LogP contribution >= 0.6 is 0 Å². The summed E-state index contributed by atoms with van der Waals surface area (Å²) in [6.45, 7) is 1.94. The van der Waals surface area contributed by atoms with E-state index < -0.39 is 0 Å². The molecule has 0 radical (unpaired) electrons. The van der Waals surface area contributed by atoms with Crippen molar-refractivity contribution in [2.75, 3.05) is 5.73 Å². The number of nitrogen functional groups attached to an aromatic ring is 1. The fraction of sp³-hybridized carbons (Fsp3) is 0.100. The van der Waals surface area contributed by atoms with Gasteiger partial charge in [0, 0.05) is 23.5 Å². The molecule has 0 aliphatic heterocycles. The molecule has 0 aliphatic carbocycles. The molecule has 0 atom stereocenters. The number of anilines is 1. The van der Waals surface area contributed by atoms with Gasteiger partial charge in [0.2, 0.25) is 0 Å². The summed E-state index contributed by atoms with van der Waals surface area (Å²) in [7, 11) is 0. The van der Waals surface area contributed by atoms with Gasteiger partial charge in [0.15, 0.2) is 0 Å². The van der Waals surface area contributed by atoms with Crippen LogP contribution in [0.1, 0.15) is 5.69 Å². The van der Waals surface area contributed by atoms with Crippen molar-refractivity contribution in [2.45, 2.75) is 6.92 Å². The van der Waals surface area contributed by atoms with Crippen molar-refractivity contribution in [3.8, 4) is 11.3 Å². The van der Waals surface area contributed by atoms with Crippen LogP contribution in [0.2, 0.25) is 0 Å². The van der Waals surface area contributed by atoms with Gasteiger partial charge in [0.25, 0.3) is 0 Å². The third-order valence-electron chi connectivity index (χ3n) is 1.88. The van der Waals surface area contributed by atoms with Crippen LogP contribution in [0.4, 0.5) is 5.82 Å². The Labute approximate surface area is 81.9 Å². The molecule has 14 heavy (non-hydrogen) atoms. The summed E-state index contributed by atoms with van der Waals surface area (Å²) in [5, 5.41) is 0. The van der Waals surface area contributed by atoms with E-state index in [1.807, 2.05) is 19.1 Å². The predicted molar refractivity (Wildman–Crippen MR) is 54.4 cm³/mol. The van der Waals surface area contributed by atoms with Gasteiger partial charge < -0.3 is 5.73 Å². The fourth-order valence-electron chi connectivity index (χ4n) is 1.24. The van der Waals surface area contributed by atoms with Crippen molar-refractivity contribution in [2.24, 2.45) is 0 Å². The molecule has 0 saturated heterocycles. The van der Waals surface area contributed by atoms with E-state index in [-0.39, 0.29) is 0 Å². The zero-order valence-electron chi connectivity index (χ0n) is 7.81. The lowest BCUT2D eigenvalue weighted by Crippen LogP contribution is -1.93. The fourth-order valence-corrected chi connectivity index (χ4v) is 1.24. The predicted octanol–water partition coefficient (Wildman–Crippen LogP) is 1.43. The summed E-state index contributed by atoms with van der Waals surface area (Å²) in [5.74, 6) is 0.476. The Balaban J connectivity index is 2.49. The van der Waals surface area contributed by atoms with E-state index in [1.165, 1.54) is 6.33 Å². The van der Waals surface area contributed by atoms with Crippen LogP contribution < -0.4 is 5.73 Å². The Morgan fingerprint density at radius 2 is 2.00 bits per heavy atom. The molecule has 2 heterocycles. The Hall–Kier alpha value is -1.97. The molecule has 0 spiro atoms. The smallest absolute Gasteiger partial charge is 0.127 e. The number of hydrogen-bond acceptors (Lipinski definition) is 4. The van der Waals surface area contributed by atoms with Crippen LogP contribution in [0.3, 0.4) is 0 Å². The Kier molecular flexibility index (Phi) is 2.10. The third-order valence-corrected chi connectivity index (χ3v) is 1.88. The summed E-state index contributed by atoms with van der Waals surface area (Å²) in [5.41, 5.74) is 8.35. The maximum atomic E-state index is 5.57. The van der Waals surface area contributed by atoms with Crippen molar-refractivity contribution < 1.29 is 0 Å². The van der Waals surface area contributed by atoms with Gasteiger partial charge in [0.05, 0.1) is 5.69 Å². The van der Waals surface area contributed by atoms with Crippen molar-refractivity contribution in [1.29, 1.82) is 0 Å². The SMILES string of the molecule is Cc1cc(-c2cc(N)ncn2)ccn1. The van der Waals surface area contributed by atoms with Gasteiger partial charge in [0.1, 0.15) is 12.1 Å². The van der Waals surface area contributed by atoms with Crippen LogP contribution in [0.5, 0.6) is 0 Å². The molecule has 0 aliphatic rings. The number of aryl methyl sites for hydroxylation is 1. The van der Waals surface area contributed by atoms with Crippen LogP contribution in [-0.2, 0) is 0 Å². The lowest BCUT2D eigenvalue weighted by atomic mass is 10.1. The minimum Gasteiger partial charge on any atom is -0.384 e. The Bertz CT molecular complexity index is 410. The van der Waals surface area contributed by atoms with Gasteiger partial charge in [-0.1, -0.05) is 0 Å². The van der Waals surface area contributed by atoms with E-state index in [9.17, 15) is 0 Å². The standard InChI is InChI=1S/C10H10N4/c1-7-4-8(2-3-12-7)9-5-10(11)14-6-13-9/h2-6H,1H3,(H2,11,13,14). The summed E-state index contributed by atoms with van der Waals surface area (Å²) < 4.78 is 0. The van der Waals surface area contributed by atoms with Crippen molar-refractivity contribution in [3.05, 3.63) is 36.4 Å². The minimum absolute atomic E-state index is 0.476. The summed E-state index contributed by atoms with van der Waals surface area (Å²) in [6.07, 6.45) is 3.21. The Morgan fingerprint density at radius 1 is 1.14 bits per heavy atom. The minimum atomic E-state index is 0.476. The maximum Gasteiger partial charge on any atom is 0.127 e. The highest BCUT2D eigenvalue weighted by atomic mass is 14.9. The van der Waals surface area contributed by atoms with Gasteiger partial charge in [-0.25, -0.2) is 9.97 Å². The van der Waals surface area contributed by atoms with Gasteiger partial charge in [-0.15, -0.1) is 0 Å². The molecule has 0 bridgehead atoms. The number of nitrogens with two attached hydrogens (primary N) is 1. The zero-order valence-corrected chi connectivity index (χ0v) is 7.81. The molecular weight excluding hydrogens is 176 g/mol. The molecule has 2 aromatic heterocycles.